The summed E-state index contributed by atoms with van der Waals surface area (Å²) in [6, 6.07) is 22.9. The van der Waals surface area contributed by atoms with Crippen LogP contribution in [0.3, 0.4) is 0 Å². The number of benzene rings is 4. The molecule has 4 aromatic rings. The van der Waals surface area contributed by atoms with E-state index in [0.29, 0.717) is 47.0 Å². The molecule has 0 aliphatic rings. The summed E-state index contributed by atoms with van der Waals surface area (Å²) >= 11 is 0. The number of ether oxygens (including phenoxy) is 2. The summed E-state index contributed by atoms with van der Waals surface area (Å²) in [7, 11) is -9.31. The molecule has 13 heteroatoms. The van der Waals surface area contributed by atoms with E-state index in [1.807, 2.05) is 24.3 Å². The fourth-order valence-electron chi connectivity index (χ4n) is 5.93. The number of phenolic OH excluding ortho intramolecular Hbond substituents is 1. The van der Waals surface area contributed by atoms with Crippen molar-refractivity contribution in [1.82, 2.24) is 0 Å². The Morgan fingerprint density at radius 3 is 1.35 bits per heavy atom. The molecule has 0 atom stereocenters. The Bertz CT molecular complexity index is 1780. The zero-order valence-electron chi connectivity index (χ0n) is 32.1. The second-order valence-corrected chi connectivity index (χ2v) is 16.1. The molecule has 4 aromatic carbocycles. The molecule has 55 heavy (non-hydrogen) atoms. The molecule has 0 aromatic heterocycles. The molecule has 2 N–H and O–H groups in total. The number of aromatic hydroxyl groups is 1. The Hall–Kier alpha value is -2.84. The summed E-state index contributed by atoms with van der Waals surface area (Å²) in [5, 5.41) is 22.0. The van der Waals surface area contributed by atoms with E-state index in [9.17, 15) is 36.2 Å². The molecule has 0 aliphatic heterocycles. The van der Waals surface area contributed by atoms with Gasteiger partial charge in [-0.15, -0.1) is 0 Å². The van der Waals surface area contributed by atoms with Crippen LogP contribution in [-0.2, 0) is 33.1 Å². The number of para-hydroxylation sites is 2. The molecule has 0 aliphatic carbocycles. The SMILES string of the molecule is CCCCCCCCCc1cc(S(=O)(=O)O)c(O)cc1Oc1ccccc1.CCCCCCCCCc1cc(S(=O)(=O)[O-])c([O-])cc1Oc1ccccc1.[Ca+2]. The Balaban J connectivity index is 0.000000373. The van der Waals surface area contributed by atoms with Crippen molar-refractivity contribution < 1.29 is 45.6 Å². The molecular weight excluding hydrogens is 769 g/mol. The summed E-state index contributed by atoms with van der Waals surface area (Å²) < 4.78 is 78.0. The largest absolute Gasteiger partial charge is 2.00 e. The summed E-state index contributed by atoms with van der Waals surface area (Å²) in [5.41, 5.74) is 1.22. The summed E-state index contributed by atoms with van der Waals surface area (Å²) in [6.07, 6.45) is 16.9. The fourth-order valence-corrected chi connectivity index (χ4v) is 7.14. The summed E-state index contributed by atoms with van der Waals surface area (Å²) in [5.74, 6) is 0.500. The third-order valence-corrected chi connectivity index (χ3v) is 10.6. The topological polar surface area (TPSA) is 173 Å². The van der Waals surface area contributed by atoms with Crippen LogP contribution < -0.4 is 14.6 Å². The van der Waals surface area contributed by atoms with E-state index in [4.69, 9.17) is 9.47 Å². The van der Waals surface area contributed by atoms with E-state index in [1.54, 1.807) is 36.4 Å². The monoisotopic (exact) mass is 822 g/mol. The average Bonchev–Trinajstić information content (AvgIpc) is 3.12. The van der Waals surface area contributed by atoms with Crippen molar-refractivity contribution in [1.29, 1.82) is 0 Å². The van der Waals surface area contributed by atoms with Gasteiger partial charge in [0.2, 0.25) is 0 Å². The van der Waals surface area contributed by atoms with Crippen LogP contribution in [0.15, 0.2) is 94.7 Å². The van der Waals surface area contributed by atoms with E-state index in [2.05, 4.69) is 13.8 Å². The minimum Gasteiger partial charge on any atom is -0.872 e. The van der Waals surface area contributed by atoms with Crippen LogP contribution in [-0.4, -0.2) is 68.8 Å². The maximum atomic E-state index is 12.0. The average molecular weight is 823 g/mol. The number of aryl methyl sites for hydroxylation is 2. The first-order valence-corrected chi connectivity index (χ1v) is 21.8. The number of hydrogen-bond acceptors (Lipinski definition) is 9. The molecule has 0 fully saturated rings. The quantitative estimate of drug-likeness (QED) is 0.0441. The molecule has 0 heterocycles. The van der Waals surface area contributed by atoms with E-state index in [-0.39, 0.29) is 37.7 Å². The van der Waals surface area contributed by atoms with Crippen molar-refractivity contribution in [3.8, 4) is 34.5 Å². The molecule has 10 nitrogen and oxygen atoms in total. The molecule has 4 rings (SSSR count). The van der Waals surface area contributed by atoms with Gasteiger partial charge in [-0.25, -0.2) is 8.42 Å². The Morgan fingerprint density at radius 1 is 0.564 bits per heavy atom. The fraction of sp³-hybridized carbons (Fsp3) is 0.429. The van der Waals surface area contributed by atoms with Gasteiger partial charge in [0.05, 0.1) is 0 Å². The van der Waals surface area contributed by atoms with E-state index < -0.39 is 41.5 Å². The Kier molecular flexibility index (Phi) is 22.3. The van der Waals surface area contributed by atoms with Gasteiger partial charge in [0.25, 0.3) is 10.1 Å². The zero-order chi connectivity index (χ0) is 39.4. The first kappa shape index (κ1) is 48.3. The summed E-state index contributed by atoms with van der Waals surface area (Å²) in [4.78, 5) is -1.19. The van der Waals surface area contributed by atoms with Gasteiger partial charge >= 0.3 is 37.7 Å². The number of hydrogen-bond donors (Lipinski definition) is 2. The van der Waals surface area contributed by atoms with Crippen molar-refractivity contribution in [3.63, 3.8) is 0 Å². The Morgan fingerprint density at radius 2 is 0.945 bits per heavy atom. The van der Waals surface area contributed by atoms with Crippen molar-refractivity contribution in [3.05, 3.63) is 96.1 Å². The molecule has 0 radical (unpaired) electrons. The second-order valence-electron chi connectivity index (χ2n) is 13.3. The van der Waals surface area contributed by atoms with Crippen LogP contribution in [0.1, 0.15) is 115 Å². The van der Waals surface area contributed by atoms with Gasteiger partial charge in [0.1, 0.15) is 43.8 Å². The van der Waals surface area contributed by atoms with E-state index in [0.717, 1.165) is 44.6 Å². The number of rotatable bonds is 22. The smallest absolute Gasteiger partial charge is 0.872 e. The first-order chi connectivity index (χ1) is 25.8. The number of unbranched alkanes of at least 4 members (excludes halogenated alkanes) is 12. The van der Waals surface area contributed by atoms with E-state index >= 15 is 0 Å². The molecule has 0 unspecified atom stereocenters. The minimum absolute atomic E-state index is 0. The van der Waals surface area contributed by atoms with Crippen LogP contribution in [0, 0.1) is 0 Å². The van der Waals surface area contributed by atoms with Gasteiger partial charge < -0.3 is 24.2 Å². The molecule has 0 amide bonds. The van der Waals surface area contributed by atoms with Crippen LogP contribution in [0.2, 0.25) is 0 Å². The first-order valence-electron chi connectivity index (χ1n) is 18.9. The second kappa shape index (κ2) is 25.4. The van der Waals surface area contributed by atoms with Gasteiger partial charge in [0.15, 0.2) is 0 Å². The van der Waals surface area contributed by atoms with Gasteiger partial charge in [-0.2, -0.15) is 8.42 Å². The van der Waals surface area contributed by atoms with Crippen LogP contribution in [0.25, 0.3) is 0 Å². The summed E-state index contributed by atoms with van der Waals surface area (Å²) in [6.45, 7) is 4.36. The standard InChI is InChI=1S/2C21H28O5S.Ca/c2*1-2-3-4-5-6-7-9-12-17-15-21(27(23,24)25)19(22)16-20(17)26-18-13-10-8-11-14-18;/h2*8,10-11,13-16,22H,2-7,9,12H2,1H3,(H,23,24,25);/q;;+2/p-2. The predicted molar refractivity (Wildman–Crippen MR) is 214 cm³/mol. The van der Waals surface area contributed by atoms with Crippen LogP contribution in [0.5, 0.6) is 34.5 Å². The maximum absolute atomic E-state index is 12.0. The normalized spacial score (nSPS) is 11.3. The van der Waals surface area contributed by atoms with Crippen LogP contribution >= 0.6 is 0 Å². The molecule has 296 valence electrons. The minimum atomic E-state index is -4.81. The van der Waals surface area contributed by atoms with Crippen molar-refractivity contribution >= 4 is 58.0 Å². The molecule has 0 saturated carbocycles. The molecule has 0 spiro atoms. The molecule has 0 bridgehead atoms. The maximum Gasteiger partial charge on any atom is 2.00 e. The van der Waals surface area contributed by atoms with Gasteiger partial charge in [-0.05, 0) is 79.3 Å². The zero-order valence-corrected chi connectivity index (χ0v) is 35.9. The Labute approximate surface area is 357 Å². The predicted octanol–water partition coefficient (Wildman–Crippen LogP) is 10.1. The third-order valence-electron chi connectivity index (χ3n) is 8.86. The van der Waals surface area contributed by atoms with Gasteiger partial charge in [-0.3, -0.25) is 4.55 Å². The van der Waals surface area contributed by atoms with Crippen LogP contribution in [0.4, 0.5) is 0 Å². The van der Waals surface area contributed by atoms with Gasteiger partial charge in [0, 0.05) is 11.0 Å². The van der Waals surface area contributed by atoms with Gasteiger partial charge in [-0.1, -0.05) is 133 Å². The molecule has 0 saturated heterocycles. The number of phenols is 1. The van der Waals surface area contributed by atoms with Crippen molar-refractivity contribution in [2.24, 2.45) is 0 Å². The van der Waals surface area contributed by atoms with Crippen molar-refractivity contribution in [2.75, 3.05) is 0 Å². The van der Waals surface area contributed by atoms with Crippen molar-refractivity contribution in [2.45, 2.75) is 126 Å². The third kappa shape index (κ3) is 17.9. The van der Waals surface area contributed by atoms with E-state index in [1.165, 1.54) is 69.6 Å². The molecular formula is C42H54CaO10S2.